The largest absolute Gasteiger partial charge is 0.483 e. The highest BCUT2D eigenvalue weighted by Gasteiger charge is 2.28. The van der Waals surface area contributed by atoms with Gasteiger partial charge in [-0.3, -0.25) is 9.59 Å². The molecule has 0 aliphatic heterocycles. The summed E-state index contributed by atoms with van der Waals surface area (Å²) in [7, 11) is 0. The number of carbonyl (C=O) groups is 2. The normalized spacial score (nSPS) is 14.8. The van der Waals surface area contributed by atoms with E-state index in [0.717, 1.165) is 31.2 Å². The van der Waals surface area contributed by atoms with Gasteiger partial charge in [0.25, 0.3) is 5.91 Å². The first-order valence-electron chi connectivity index (χ1n) is 10.3. The van der Waals surface area contributed by atoms with Gasteiger partial charge in [0.2, 0.25) is 5.91 Å². The van der Waals surface area contributed by atoms with E-state index in [-0.39, 0.29) is 36.8 Å². The molecule has 8 heteroatoms. The molecule has 0 saturated heterocycles. The van der Waals surface area contributed by atoms with Crippen LogP contribution in [0.2, 0.25) is 5.02 Å². The number of halogens is 3. The first-order valence-corrected chi connectivity index (χ1v) is 11.4. The number of hydrogen-bond donors (Lipinski definition) is 1. The minimum Gasteiger partial charge on any atom is -0.483 e. The standard InChI is InChI=1S/C23H25BrClFN2O3/c1-15(23(30)27-19-4-2-3-5-19)28(13-16-6-9-18(26)10-7-16)22(29)14-31-21-11-8-17(25)12-20(21)24/h6-12,15,19H,2-5,13-14H2,1H3,(H,27,30)/t15-/m0/s1. The predicted octanol–water partition coefficient (Wildman–Crippen LogP) is 5.10. The zero-order chi connectivity index (χ0) is 22.4. The Balaban J connectivity index is 1.72. The summed E-state index contributed by atoms with van der Waals surface area (Å²) in [6.45, 7) is 1.62. The second kappa shape index (κ2) is 11.0. The summed E-state index contributed by atoms with van der Waals surface area (Å²) in [5.74, 6) is -0.428. The van der Waals surface area contributed by atoms with Crippen LogP contribution in [0.3, 0.4) is 0 Å². The van der Waals surface area contributed by atoms with Crippen molar-refractivity contribution in [1.29, 1.82) is 0 Å². The average Bonchev–Trinajstić information content (AvgIpc) is 3.25. The fraction of sp³-hybridized carbons (Fsp3) is 0.391. The molecule has 1 aliphatic carbocycles. The van der Waals surface area contributed by atoms with Crippen LogP contribution in [-0.4, -0.2) is 35.4 Å². The maximum atomic E-state index is 13.3. The highest BCUT2D eigenvalue weighted by atomic mass is 79.9. The molecule has 5 nitrogen and oxygen atoms in total. The molecule has 166 valence electrons. The lowest BCUT2D eigenvalue weighted by molar-refractivity contribution is -0.142. The van der Waals surface area contributed by atoms with Crippen LogP contribution in [0.1, 0.15) is 38.2 Å². The van der Waals surface area contributed by atoms with Gasteiger partial charge in [0.05, 0.1) is 4.47 Å². The van der Waals surface area contributed by atoms with Gasteiger partial charge in [0.1, 0.15) is 17.6 Å². The van der Waals surface area contributed by atoms with Gasteiger partial charge in [-0.2, -0.15) is 0 Å². The van der Waals surface area contributed by atoms with Crippen LogP contribution in [0, 0.1) is 5.82 Å². The summed E-state index contributed by atoms with van der Waals surface area (Å²) in [5, 5.41) is 3.58. The van der Waals surface area contributed by atoms with Crippen molar-refractivity contribution in [3.8, 4) is 5.75 Å². The quantitative estimate of drug-likeness (QED) is 0.537. The Bertz CT molecular complexity index is 920. The van der Waals surface area contributed by atoms with E-state index in [1.807, 2.05) is 0 Å². The summed E-state index contributed by atoms with van der Waals surface area (Å²) in [4.78, 5) is 27.3. The summed E-state index contributed by atoms with van der Waals surface area (Å²) in [6.07, 6.45) is 4.11. The van der Waals surface area contributed by atoms with Gasteiger partial charge in [0.15, 0.2) is 6.61 Å². The Labute approximate surface area is 195 Å². The van der Waals surface area contributed by atoms with Gasteiger partial charge in [0, 0.05) is 17.6 Å². The number of carbonyl (C=O) groups excluding carboxylic acids is 2. The molecule has 0 heterocycles. The summed E-state index contributed by atoms with van der Waals surface area (Å²) in [5.41, 5.74) is 0.725. The number of benzene rings is 2. The molecule has 0 spiro atoms. The third-order valence-electron chi connectivity index (χ3n) is 5.38. The van der Waals surface area contributed by atoms with E-state index in [2.05, 4.69) is 21.2 Å². The number of hydrogen-bond acceptors (Lipinski definition) is 3. The van der Waals surface area contributed by atoms with Crippen LogP contribution in [0.15, 0.2) is 46.9 Å². The molecule has 1 N–H and O–H groups in total. The Hall–Kier alpha value is -2.12. The zero-order valence-electron chi connectivity index (χ0n) is 17.2. The van der Waals surface area contributed by atoms with Crippen LogP contribution in [0.4, 0.5) is 4.39 Å². The van der Waals surface area contributed by atoms with Gasteiger partial charge < -0.3 is 15.0 Å². The molecule has 2 amide bonds. The van der Waals surface area contributed by atoms with Crippen molar-refractivity contribution in [1.82, 2.24) is 10.2 Å². The molecule has 0 bridgehead atoms. The molecule has 0 aromatic heterocycles. The Morgan fingerprint density at radius 2 is 1.90 bits per heavy atom. The van der Waals surface area contributed by atoms with Crippen molar-refractivity contribution in [3.63, 3.8) is 0 Å². The lowest BCUT2D eigenvalue weighted by Crippen LogP contribution is -2.50. The Morgan fingerprint density at radius 3 is 2.55 bits per heavy atom. The molecule has 0 radical (unpaired) electrons. The van der Waals surface area contributed by atoms with Gasteiger partial charge in [-0.1, -0.05) is 36.6 Å². The van der Waals surface area contributed by atoms with E-state index in [0.29, 0.717) is 15.2 Å². The zero-order valence-corrected chi connectivity index (χ0v) is 19.6. The molecule has 1 atom stereocenters. The van der Waals surface area contributed by atoms with E-state index < -0.39 is 6.04 Å². The van der Waals surface area contributed by atoms with E-state index >= 15 is 0 Å². The van der Waals surface area contributed by atoms with Crippen LogP contribution < -0.4 is 10.1 Å². The maximum absolute atomic E-state index is 13.3. The van der Waals surface area contributed by atoms with Gasteiger partial charge in [-0.05, 0) is 71.6 Å². The van der Waals surface area contributed by atoms with Gasteiger partial charge in [-0.15, -0.1) is 0 Å². The summed E-state index contributed by atoms with van der Waals surface area (Å²) >= 11 is 9.31. The molecule has 1 fully saturated rings. The van der Waals surface area contributed by atoms with E-state index in [1.165, 1.54) is 17.0 Å². The summed E-state index contributed by atoms with van der Waals surface area (Å²) in [6, 6.07) is 10.3. The number of nitrogens with one attached hydrogen (secondary N) is 1. The molecule has 0 unspecified atom stereocenters. The van der Waals surface area contributed by atoms with Crippen LogP contribution in [0.25, 0.3) is 0 Å². The van der Waals surface area contributed by atoms with E-state index in [9.17, 15) is 14.0 Å². The van der Waals surface area contributed by atoms with E-state index in [1.54, 1.807) is 37.3 Å². The highest BCUT2D eigenvalue weighted by molar-refractivity contribution is 9.10. The van der Waals surface area contributed by atoms with Crippen molar-refractivity contribution >= 4 is 39.3 Å². The van der Waals surface area contributed by atoms with Crippen LogP contribution >= 0.6 is 27.5 Å². The van der Waals surface area contributed by atoms with Crippen LogP contribution in [0.5, 0.6) is 5.75 Å². The van der Waals surface area contributed by atoms with Crippen molar-refractivity contribution in [2.24, 2.45) is 0 Å². The van der Waals surface area contributed by atoms with Crippen molar-refractivity contribution in [3.05, 3.63) is 63.3 Å². The molecule has 31 heavy (non-hydrogen) atoms. The number of nitrogens with zero attached hydrogens (tertiary/aromatic N) is 1. The lowest BCUT2D eigenvalue weighted by atomic mass is 10.1. The molecular formula is C23H25BrClFN2O3. The number of rotatable bonds is 8. The molecule has 1 saturated carbocycles. The fourth-order valence-electron chi connectivity index (χ4n) is 3.58. The Morgan fingerprint density at radius 1 is 1.23 bits per heavy atom. The highest BCUT2D eigenvalue weighted by Crippen LogP contribution is 2.28. The second-order valence-corrected chi connectivity index (χ2v) is 8.97. The minimum atomic E-state index is -0.699. The molecule has 2 aromatic carbocycles. The monoisotopic (exact) mass is 510 g/mol. The predicted molar refractivity (Wildman–Crippen MR) is 121 cm³/mol. The smallest absolute Gasteiger partial charge is 0.261 e. The fourth-order valence-corrected chi connectivity index (χ4v) is 4.37. The third-order valence-corrected chi connectivity index (χ3v) is 6.23. The van der Waals surface area contributed by atoms with Crippen molar-refractivity contribution < 1.29 is 18.7 Å². The topological polar surface area (TPSA) is 58.6 Å². The molecular weight excluding hydrogens is 487 g/mol. The lowest BCUT2D eigenvalue weighted by Gasteiger charge is -2.29. The van der Waals surface area contributed by atoms with Crippen LogP contribution in [-0.2, 0) is 16.1 Å². The first-order chi connectivity index (χ1) is 14.8. The third kappa shape index (κ3) is 6.68. The minimum absolute atomic E-state index is 0.152. The molecule has 1 aliphatic rings. The van der Waals surface area contributed by atoms with Gasteiger partial charge in [-0.25, -0.2) is 4.39 Å². The number of amides is 2. The van der Waals surface area contributed by atoms with Crippen molar-refractivity contribution in [2.45, 2.75) is 51.2 Å². The first kappa shape index (κ1) is 23.5. The molecule has 2 aromatic rings. The number of ether oxygens (including phenoxy) is 1. The summed E-state index contributed by atoms with van der Waals surface area (Å²) < 4.78 is 19.6. The van der Waals surface area contributed by atoms with Gasteiger partial charge >= 0.3 is 0 Å². The van der Waals surface area contributed by atoms with Crippen molar-refractivity contribution in [2.75, 3.05) is 6.61 Å². The SMILES string of the molecule is C[C@@H](C(=O)NC1CCCC1)N(Cc1ccc(F)cc1)C(=O)COc1ccc(Cl)cc1Br. The average molecular weight is 512 g/mol. The van der Waals surface area contributed by atoms with E-state index in [4.69, 9.17) is 16.3 Å². The Kier molecular flexibility index (Phi) is 8.32. The molecule has 3 rings (SSSR count). The maximum Gasteiger partial charge on any atom is 0.261 e. The second-order valence-electron chi connectivity index (χ2n) is 7.68.